The molecule has 0 atom stereocenters. The van der Waals surface area contributed by atoms with Gasteiger partial charge in [-0.25, -0.2) is 13.2 Å². The van der Waals surface area contributed by atoms with E-state index >= 15 is 0 Å². The van der Waals surface area contributed by atoms with Crippen molar-refractivity contribution in [3.8, 4) is 0 Å². The lowest BCUT2D eigenvalue weighted by Crippen LogP contribution is -2.23. The van der Waals surface area contributed by atoms with E-state index in [2.05, 4.69) is 17.4 Å². The maximum atomic E-state index is 10.5. The second kappa shape index (κ2) is 4.21. The zero-order valence-electron chi connectivity index (χ0n) is 4.47. The van der Waals surface area contributed by atoms with Crippen LogP contribution in [0.4, 0.5) is 4.79 Å². The van der Waals surface area contributed by atoms with E-state index < -0.39 is 13.9 Å². The molecule has 0 heterocycles. The van der Waals surface area contributed by atoms with Crippen LogP contribution in [0.5, 0.6) is 0 Å². The van der Waals surface area contributed by atoms with E-state index in [1.807, 2.05) is 4.72 Å². The Kier molecular flexibility index (Phi) is 4.32. The smallest absolute Gasteiger partial charge is 0.322 e. The lowest BCUT2D eigenvalue weighted by Gasteiger charge is -1.96. The Hall–Kier alpha value is 0.270. The second-order valence-electron chi connectivity index (χ2n) is 1.03. The minimum atomic E-state index is -3.43. The highest BCUT2D eigenvalue weighted by Gasteiger charge is 2.10. The Labute approximate surface area is 70.2 Å². The first-order chi connectivity index (χ1) is 4.48. The zero-order chi connectivity index (χ0) is 8.20. The first-order valence-electron chi connectivity index (χ1n) is 1.80. The number of carbonyl (C=O) groups is 1. The predicted octanol–water partition coefficient (Wildman–Crippen LogP) is 0.126. The molecule has 2 amide bonds. The van der Waals surface area contributed by atoms with Crippen LogP contribution in [-0.4, -0.2) is 14.4 Å². The highest BCUT2D eigenvalue weighted by molar-refractivity contribution is 9.20. The fraction of sp³-hybridized carbons (Fsp3) is 0. The highest BCUT2D eigenvalue weighted by Crippen LogP contribution is 2.25. The largest absolute Gasteiger partial charge is 0.351 e. The van der Waals surface area contributed by atoms with E-state index in [4.69, 9.17) is 0 Å². The van der Waals surface area contributed by atoms with Crippen LogP contribution in [0.2, 0.25) is 0 Å². The van der Waals surface area contributed by atoms with Gasteiger partial charge >= 0.3 is 6.03 Å². The summed E-state index contributed by atoms with van der Waals surface area (Å²) in [5, 5.41) is 0. The molecular formula is CH4N2O3S4. The number of carbonyl (C=O) groups excluding carboxylic acids is 1. The number of hydrogen-bond donors (Lipinski definition) is 3. The Morgan fingerprint density at radius 1 is 1.60 bits per heavy atom. The number of amides is 2. The van der Waals surface area contributed by atoms with Gasteiger partial charge in [-0.3, -0.25) is 4.72 Å². The van der Waals surface area contributed by atoms with Crippen LogP contribution in [0, 0.1) is 0 Å². The summed E-state index contributed by atoms with van der Waals surface area (Å²) in [4.78, 5) is 9.95. The lowest BCUT2D eigenvalue weighted by atomic mass is 11.2. The van der Waals surface area contributed by atoms with Gasteiger partial charge < -0.3 is 5.73 Å². The SMILES string of the molecule is NC(=O)NSS(=O)(=O)SS. The van der Waals surface area contributed by atoms with Crippen molar-refractivity contribution >= 4 is 46.4 Å². The summed E-state index contributed by atoms with van der Waals surface area (Å²) in [6, 6.07) is -0.907. The molecule has 0 saturated heterocycles. The number of nitrogens with two attached hydrogens (primary N) is 1. The quantitative estimate of drug-likeness (QED) is 0.357. The third-order valence-electron chi connectivity index (χ3n) is 0.336. The molecule has 9 heteroatoms. The number of nitrogens with one attached hydrogen (secondary N) is 1. The molecule has 0 aromatic carbocycles. The molecule has 0 spiro atoms. The minimum absolute atomic E-state index is 0.221. The fourth-order valence-corrected chi connectivity index (χ4v) is 2.37. The van der Waals surface area contributed by atoms with E-state index in [0.29, 0.717) is 9.83 Å². The number of primary amides is 1. The normalized spacial score (nSPS) is 10.9. The first-order valence-corrected chi connectivity index (χ1v) is 7.00. The monoisotopic (exact) mass is 220 g/mol. The van der Waals surface area contributed by atoms with E-state index in [-0.39, 0.29) is 11.0 Å². The van der Waals surface area contributed by atoms with Crippen LogP contribution in [0.1, 0.15) is 0 Å². The van der Waals surface area contributed by atoms with Crippen molar-refractivity contribution in [3.63, 3.8) is 0 Å². The topological polar surface area (TPSA) is 89.3 Å². The molecule has 0 unspecified atom stereocenters. The van der Waals surface area contributed by atoms with Crippen molar-refractivity contribution in [1.29, 1.82) is 0 Å². The zero-order valence-corrected chi connectivity index (χ0v) is 7.82. The molecule has 10 heavy (non-hydrogen) atoms. The summed E-state index contributed by atoms with van der Waals surface area (Å²) >= 11 is 3.42. The van der Waals surface area contributed by atoms with E-state index in [1.54, 1.807) is 0 Å². The molecule has 0 aliphatic heterocycles. The van der Waals surface area contributed by atoms with Gasteiger partial charge in [0, 0.05) is 9.83 Å². The predicted molar refractivity (Wildman–Crippen MR) is 45.8 cm³/mol. The number of hydrogen-bond acceptors (Lipinski definition) is 6. The van der Waals surface area contributed by atoms with Crippen LogP contribution >= 0.6 is 32.5 Å². The number of thiol groups is 1. The third kappa shape index (κ3) is 5.09. The molecule has 0 aromatic heterocycles. The van der Waals surface area contributed by atoms with Crippen LogP contribution in [0.15, 0.2) is 0 Å². The third-order valence-corrected chi connectivity index (χ3v) is 6.32. The minimum Gasteiger partial charge on any atom is -0.351 e. The molecule has 0 saturated carbocycles. The molecule has 0 rings (SSSR count). The average Bonchev–Trinajstić information content (AvgIpc) is 1.85. The Bertz CT molecular complexity index is 209. The summed E-state index contributed by atoms with van der Waals surface area (Å²) in [5.41, 5.74) is 4.58. The van der Waals surface area contributed by atoms with E-state index in [0.717, 1.165) is 0 Å². The highest BCUT2D eigenvalue weighted by atomic mass is 33.7. The van der Waals surface area contributed by atoms with Gasteiger partial charge in [0.05, 0.1) is 11.0 Å². The van der Waals surface area contributed by atoms with Crippen molar-refractivity contribution in [2.75, 3.05) is 0 Å². The van der Waals surface area contributed by atoms with Crippen molar-refractivity contribution < 1.29 is 13.2 Å². The van der Waals surface area contributed by atoms with E-state index in [1.165, 1.54) is 0 Å². The van der Waals surface area contributed by atoms with Gasteiger partial charge in [-0.15, -0.1) is 0 Å². The van der Waals surface area contributed by atoms with Crippen molar-refractivity contribution in [2.45, 2.75) is 0 Å². The summed E-state index contributed by atoms with van der Waals surface area (Å²) in [5.74, 6) is 0. The molecule has 0 aliphatic rings. The van der Waals surface area contributed by atoms with Gasteiger partial charge in [0.25, 0.3) is 7.90 Å². The van der Waals surface area contributed by atoms with Gasteiger partial charge in [-0.1, -0.05) is 11.7 Å². The fourth-order valence-electron chi connectivity index (χ4n) is 0.107. The van der Waals surface area contributed by atoms with E-state index in [9.17, 15) is 13.2 Å². The maximum absolute atomic E-state index is 10.5. The van der Waals surface area contributed by atoms with Crippen LogP contribution in [-0.2, 0) is 7.90 Å². The molecule has 5 nitrogen and oxygen atoms in total. The molecular weight excluding hydrogens is 216 g/mol. The van der Waals surface area contributed by atoms with Crippen molar-refractivity contribution in [1.82, 2.24) is 4.72 Å². The standard InChI is InChI=1S/CH4N2O3S4/c2-1(4)3-8-10(5,6)9-7/h7H,(H3,2,3,4). The molecule has 0 bridgehead atoms. The Balaban J connectivity index is 3.81. The molecule has 0 fully saturated rings. The lowest BCUT2D eigenvalue weighted by molar-refractivity contribution is 0.254. The molecule has 0 radical (unpaired) electrons. The molecule has 3 N–H and O–H groups in total. The maximum Gasteiger partial charge on any atom is 0.322 e. The van der Waals surface area contributed by atoms with Crippen LogP contribution in [0.25, 0.3) is 0 Å². The second-order valence-corrected chi connectivity index (χ2v) is 7.92. The van der Waals surface area contributed by atoms with Gasteiger partial charge in [-0.2, -0.15) is 0 Å². The Morgan fingerprint density at radius 2 is 2.10 bits per heavy atom. The summed E-state index contributed by atoms with van der Waals surface area (Å²) in [7, 11) is -2.88. The van der Waals surface area contributed by atoms with Gasteiger partial charge in [-0.05, 0) is 0 Å². The average molecular weight is 220 g/mol. The van der Waals surface area contributed by atoms with Gasteiger partial charge in [0.15, 0.2) is 0 Å². The summed E-state index contributed by atoms with van der Waals surface area (Å²) in [6.45, 7) is 0. The molecule has 0 aromatic rings. The summed E-state index contributed by atoms with van der Waals surface area (Å²) in [6.07, 6.45) is 0. The van der Waals surface area contributed by atoms with Crippen molar-refractivity contribution in [2.24, 2.45) is 5.73 Å². The molecule has 0 aliphatic carbocycles. The van der Waals surface area contributed by atoms with Gasteiger partial charge in [0.2, 0.25) is 0 Å². The number of urea groups is 1. The summed E-state index contributed by atoms with van der Waals surface area (Å²) < 4.78 is 22.8. The molecule has 60 valence electrons. The van der Waals surface area contributed by atoms with Gasteiger partial charge in [0.1, 0.15) is 0 Å². The first kappa shape index (κ1) is 10.3. The Morgan fingerprint density at radius 3 is 2.40 bits per heavy atom. The van der Waals surface area contributed by atoms with Crippen LogP contribution in [0.3, 0.4) is 0 Å². The van der Waals surface area contributed by atoms with Crippen molar-refractivity contribution in [3.05, 3.63) is 0 Å². The number of rotatable bonds is 3. The van der Waals surface area contributed by atoms with Crippen LogP contribution < -0.4 is 10.5 Å².